The standard InChI is InChI=1S/C19H36N2O3S2.2H2/c1-15(2)8-7-9-21-18(22)14-23-11-12-24-19(16(3)4)26-25-13-10-20-17(5)6;;/h15-17,19-20H,9-14H2,1-6H3,(H,21,22);2*1H. The third-order valence-electron chi connectivity index (χ3n) is 2.95. The van der Waals surface area contributed by atoms with Crippen LogP contribution in [0.25, 0.3) is 0 Å². The highest BCUT2D eigenvalue weighted by atomic mass is 33.1. The second-order valence-electron chi connectivity index (χ2n) is 6.82. The molecule has 0 saturated heterocycles. The number of carbonyl (C=O) groups is 1. The lowest BCUT2D eigenvalue weighted by molar-refractivity contribution is -0.126. The van der Waals surface area contributed by atoms with Crippen LogP contribution in [0, 0.1) is 23.7 Å². The van der Waals surface area contributed by atoms with Crippen molar-refractivity contribution in [3.8, 4) is 11.8 Å². The summed E-state index contributed by atoms with van der Waals surface area (Å²) in [6, 6.07) is 0.523. The number of nitrogens with one attached hydrogen (secondary N) is 2. The summed E-state index contributed by atoms with van der Waals surface area (Å²) in [4.78, 5) is 11.6. The largest absolute Gasteiger partial charge is 0.369 e. The monoisotopic (exact) mass is 408 g/mol. The molecule has 2 N–H and O–H groups in total. The van der Waals surface area contributed by atoms with E-state index in [1.807, 2.05) is 24.6 Å². The fraction of sp³-hybridized carbons (Fsp3) is 0.842. The molecule has 7 heteroatoms. The van der Waals surface area contributed by atoms with Crippen LogP contribution in [0.1, 0.15) is 44.4 Å². The van der Waals surface area contributed by atoms with Gasteiger partial charge in [0.05, 0.1) is 19.8 Å². The van der Waals surface area contributed by atoms with Gasteiger partial charge in [-0.25, -0.2) is 0 Å². The molecule has 0 aromatic carbocycles. The Morgan fingerprint density at radius 1 is 1.15 bits per heavy atom. The lowest BCUT2D eigenvalue weighted by Crippen LogP contribution is -2.28. The van der Waals surface area contributed by atoms with Crippen LogP contribution < -0.4 is 10.6 Å². The molecule has 0 radical (unpaired) electrons. The minimum absolute atomic E-state index is 0. The predicted octanol–water partition coefficient (Wildman–Crippen LogP) is 3.65. The summed E-state index contributed by atoms with van der Waals surface area (Å²) < 4.78 is 11.2. The van der Waals surface area contributed by atoms with Crippen LogP contribution in [0.3, 0.4) is 0 Å². The third kappa shape index (κ3) is 17.0. The van der Waals surface area contributed by atoms with E-state index in [0.29, 0.717) is 37.6 Å². The van der Waals surface area contributed by atoms with Crippen LogP contribution in [0.2, 0.25) is 0 Å². The van der Waals surface area contributed by atoms with E-state index in [-0.39, 0.29) is 20.8 Å². The molecule has 5 nitrogen and oxygen atoms in total. The highest BCUT2D eigenvalue weighted by Gasteiger charge is 2.15. The highest BCUT2D eigenvalue weighted by molar-refractivity contribution is 8.76. The Kier molecular flexibility index (Phi) is 16.5. The first-order valence-corrected chi connectivity index (χ1v) is 11.7. The zero-order valence-electron chi connectivity index (χ0n) is 17.1. The molecule has 0 rings (SSSR count). The van der Waals surface area contributed by atoms with Crippen molar-refractivity contribution in [3.05, 3.63) is 0 Å². The first-order chi connectivity index (χ1) is 12.3. The first-order valence-electron chi connectivity index (χ1n) is 9.29. The van der Waals surface area contributed by atoms with Gasteiger partial charge in [0.2, 0.25) is 5.91 Å². The molecule has 0 aliphatic rings. The van der Waals surface area contributed by atoms with E-state index in [4.69, 9.17) is 9.47 Å². The molecule has 1 atom stereocenters. The minimum Gasteiger partial charge on any atom is -0.369 e. The topological polar surface area (TPSA) is 59.6 Å². The molecule has 0 aromatic rings. The summed E-state index contributed by atoms with van der Waals surface area (Å²) in [7, 11) is 3.59. The zero-order valence-corrected chi connectivity index (χ0v) is 18.7. The van der Waals surface area contributed by atoms with E-state index in [0.717, 1.165) is 12.3 Å². The third-order valence-corrected chi connectivity index (χ3v) is 5.81. The molecule has 156 valence electrons. The van der Waals surface area contributed by atoms with E-state index in [1.165, 1.54) is 0 Å². The molecule has 0 heterocycles. The summed E-state index contributed by atoms with van der Waals surface area (Å²) >= 11 is 0. The van der Waals surface area contributed by atoms with Gasteiger partial charge in [0.15, 0.2) is 0 Å². The Labute approximate surface area is 170 Å². The van der Waals surface area contributed by atoms with Crippen LogP contribution in [0.5, 0.6) is 0 Å². The first kappa shape index (κ1) is 25.6. The number of hydrogen-bond donors (Lipinski definition) is 2. The quantitative estimate of drug-likeness (QED) is 0.198. The molecular weight excluding hydrogens is 368 g/mol. The van der Waals surface area contributed by atoms with Gasteiger partial charge in [-0.2, -0.15) is 0 Å². The Hall–Kier alpha value is -0.390. The van der Waals surface area contributed by atoms with Crippen LogP contribution in [0.15, 0.2) is 0 Å². The molecule has 0 fully saturated rings. The lowest BCUT2D eigenvalue weighted by atomic mass is 10.2. The molecule has 0 saturated carbocycles. The number of amides is 1. The van der Waals surface area contributed by atoms with Gasteiger partial charge in [-0.05, 0) is 5.92 Å². The molecule has 26 heavy (non-hydrogen) atoms. The summed E-state index contributed by atoms with van der Waals surface area (Å²) in [6.45, 7) is 14.9. The maximum absolute atomic E-state index is 11.6. The molecular formula is C19H40N2O3S2. The molecule has 0 aromatic heterocycles. The molecule has 1 amide bonds. The Morgan fingerprint density at radius 3 is 2.50 bits per heavy atom. The molecule has 0 spiro atoms. The van der Waals surface area contributed by atoms with Crippen molar-refractivity contribution >= 4 is 27.5 Å². The fourth-order valence-corrected chi connectivity index (χ4v) is 4.25. The van der Waals surface area contributed by atoms with Crippen LogP contribution in [0.4, 0.5) is 0 Å². The van der Waals surface area contributed by atoms with Gasteiger partial charge >= 0.3 is 0 Å². The van der Waals surface area contributed by atoms with E-state index in [1.54, 1.807) is 10.8 Å². The van der Waals surface area contributed by atoms with Crippen molar-refractivity contribution in [3.63, 3.8) is 0 Å². The van der Waals surface area contributed by atoms with Crippen molar-refractivity contribution in [2.24, 2.45) is 11.8 Å². The lowest BCUT2D eigenvalue weighted by Gasteiger charge is -2.20. The number of ether oxygens (including phenoxy) is 2. The number of hydrogen-bond acceptors (Lipinski definition) is 6. The molecule has 0 bridgehead atoms. The average molecular weight is 409 g/mol. The maximum atomic E-state index is 11.6. The van der Waals surface area contributed by atoms with Crippen LogP contribution >= 0.6 is 21.6 Å². The Balaban J connectivity index is -0.00000312. The van der Waals surface area contributed by atoms with Gasteiger partial charge in [-0.15, -0.1) is 0 Å². The van der Waals surface area contributed by atoms with Gasteiger partial charge < -0.3 is 20.1 Å². The zero-order chi connectivity index (χ0) is 19.8. The average Bonchev–Trinajstić information content (AvgIpc) is 2.55. The maximum Gasteiger partial charge on any atom is 0.246 e. The van der Waals surface area contributed by atoms with E-state index in [2.05, 4.69) is 50.2 Å². The van der Waals surface area contributed by atoms with E-state index in [9.17, 15) is 4.79 Å². The second kappa shape index (κ2) is 16.8. The van der Waals surface area contributed by atoms with Gasteiger partial charge in [0.25, 0.3) is 0 Å². The van der Waals surface area contributed by atoms with Gasteiger partial charge in [0.1, 0.15) is 12.0 Å². The summed E-state index contributed by atoms with van der Waals surface area (Å²) in [6.07, 6.45) is 0. The number of rotatable bonds is 14. The van der Waals surface area contributed by atoms with Gasteiger partial charge in [0, 0.05) is 27.1 Å². The van der Waals surface area contributed by atoms with Crippen molar-refractivity contribution in [2.75, 3.05) is 38.7 Å². The molecule has 0 aliphatic carbocycles. The predicted molar refractivity (Wildman–Crippen MR) is 118 cm³/mol. The second-order valence-corrected chi connectivity index (χ2v) is 9.40. The number of carbonyl (C=O) groups excluding carboxylic acids is 1. The van der Waals surface area contributed by atoms with E-state index < -0.39 is 0 Å². The summed E-state index contributed by atoms with van der Waals surface area (Å²) in [5.41, 5.74) is 0.128. The highest BCUT2D eigenvalue weighted by Crippen LogP contribution is 2.31. The summed E-state index contributed by atoms with van der Waals surface area (Å²) in [5, 5.41) is 6.11. The Morgan fingerprint density at radius 2 is 1.88 bits per heavy atom. The van der Waals surface area contributed by atoms with Gasteiger partial charge in [-0.1, -0.05) is 75.0 Å². The SMILES string of the molecule is CC(C)C#CCNC(=O)COCCOC(SSCCNC(C)C)C(C)C.[HH].[HH]. The van der Waals surface area contributed by atoms with Crippen molar-refractivity contribution in [1.29, 1.82) is 0 Å². The van der Waals surface area contributed by atoms with Crippen molar-refractivity contribution in [2.45, 2.75) is 53.0 Å². The van der Waals surface area contributed by atoms with Gasteiger partial charge in [-0.3, -0.25) is 4.79 Å². The fourth-order valence-electron chi connectivity index (χ4n) is 1.67. The summed E-state index contributed by atoms with van der Waals surface area (Å²) in [5.74, 6) is 7.55. The Bertz CT molecular complexity index is 431. The van der Waals surface area contributed by atoms with E-state index >= 15 is 0 Å². The molecule has 1 unspecified atom stereocenters. The van der Waals surface area contributed by atoms with Crippen LogP contribution in [-0.2, 0) is 14.3 Å². The smallest absolute Gasteiger partial charge is 0.246 e. The van der Waals surface area contributed by atoms with Crippen molar-refractivity contribution < 1.29 is 17.1 Å². The minimum atomic E-state index is -0.147. The van der Waals surface area contributed by atoms with Crippen molar-refractivity contribution in [1.82, 2.24) is 10.6 Å². The normalized spacial score (nSPS) is 12.3. The van der Waals surface area contributed by atoms with Crippen LogP contribution in [-0.4, -0.2) is 56.0 Å². The molecule has 0 aliphatic heterocycles.